The van der Waals surface area contributed by atoms with Crippen LogP contribution in [0.2, 0.25) is 0 Å². The predicted octanol–water partition coefficient (Wildman–Crippen LogP) is 0.587. The van der Waals surface area contributed by atoms with Crippen molar-refractivity contribution in [2.45, 2.75) is 13.0 Å². The average molecular weight is 275 g/mol. The van der Waals surface area contributed by atoms with Gasteiger partial charge in [0.15, 0.2) is 0 Å². The second-order valence-electron chi connectivity index (χ2n) is 4.53. The fraction of sp³-hybridized carbons (Fsp3) is 0.286. The van der Waals surface area contributed by atoms with Crippen LogP contribution in [-0.2, 0) is 17.8 Å². The molecule has 0 aliphatic carbocycles. The highest BCUT2D eigenvalue weighted by molar-refractivity contribution is 5.95. The summed E-state index contributed by atoms with van der Waals surface area (Å²) >= 11 is 0. The first-order chi connectivity index (χ1) is 9.56. The van der Waals surface area contributed by atoms with Gasteiger partial charge >= 0.3 is 5.97 Å². The number of carbonyl (C=O) groups is 2. The van der Waals surface area contributed by atoms with Crippen LogP contribution in [0.5, 0.6) is 0 Å². The number of carbonyl (C=O) groups excluding carboxylic acids is 1. The maximum Gasteiger partial charge on any atom is 0.335 e. The summed E-state index contributed by atoms with van der Waals surface area (Å²) in [4.78, 5) is 22.6. The molecule has 20 heavy (non-hydrogen) atoms. The van der Waals surface area contributed by atoms with Crippen molar-refractivity contribution in [1.29, 1.82) is 0 Å². The molecular weight excluding hydrogens is 258 g/mol. The van der Waals surface area contributed by atoms with E-state index in [1.807, 2.05) is 10.8 Å². The van der Waals surface area contributed by atoms with Crippen molar-refractivity contribution in [3.05, 3.63) is 35.5 Å². The standard InChI is InChI=1S/C14H17N3O3/c1-16-13(18)8-17-7-10(4-5-15)11-6-9(14(19)20)2-3-12(11)17/h2-3,6-7H,4-5,8,15H2,1H3,(H,16,18)(H,19,20). The van der Waals surface area contributed by atoms with Crippen molar-refractivity contribution in [1.82, 2.24) is 9.88 Å². The summed E-state index contributed by atoms with van der Waals surface area (Å²) in [7, 11) is 1.58. The molecule has 0 saturated carbocycles. The number of aromatic nitrogens is 1. The van der Waals surface area contributed by atoms with E-state index in [-0.39, 0.29) is 18.0 Å². The highest BCUT2D eigenvalue weighted by atomic mass is 16.4. The summed E-state index contributed by atoms with van der Waals surface area (Å²) in [6.07, 6.45) is 2.50. The van der Waals surface area contributed by atoms with E-state index < -0.39 is 5.97 Å². The van der Waals surface area contributed by atoms with Crippen molar-refractivity contribution in [3.63, 3.8) is 0 Å². The summed E-state index contributed by atoms with van der Waals surface area (Å²) in [5, 5.41) is 12.5. The van der Waals surface area contributed by atoms with E-state index in [2.05, 4.69) is 5.32 Å². The lowest BCUT2D eigenvalue weighted by Crippen LogP contribution is -2.23. The first-order valence-corrected chi connectivity index (χ1v) is 6.32. The van der Waals surface area contributed by atoms with Crippen molar-refractivity contribution in [3.8, 4) is 0 Å². The van der Waals surface area contributed by atoms with Crippen LogP contribution in [0, 0.1) is 0 Å². The third kappa shape index (κ3) is 2.65. The fourth-order valence-electron chi connectivity index (χ4n) is 2.22. The number of hydrogen-bond acceptors (Lipinski definition) is 3. The van der Waals surface area contributed by atoms with Gasteiger partial charge in [0, 0.05) is 24.1 Å². The van der Waals surface area contributed by atoms with E-state index in [0.717, 1.165) is 16.5 Å². The molecule has 106 valence electrons. The number of nitrogens with two attached hydrogens (primary N) is 1. The number of aromatic carboxylic acids is 1. The summed E-state index contributed by atoms with van der Waals surface area (Å²) in [5.41, 5.74) is 7.60. The Balaban J connectivity index is 2.54. The summed E-state index contributed by atoms with van der Waals surface area (Å²) in [5.74, 6) is -1.08. The molecule has 0 atom stereocenters. The van der Waals surface area contributed by atoms with Crippen LogP contribution in [0.1, 0.15) is 15.9 Å². The van der Waals surface area contributed by atoms with E-state index >= 15 is 0 Å². The second-order valence-corrected chi connectivity index (χ2v) is 4.53. The molecule has 6 nitrogen and oxygen atoms in total. The molecule has 2 aromatic rings. The van der Waals surface area contributed by atoms with Crippen LogP contribution < -0.4 is 11.1 Å². The molecule has 0 saturated heterocycles. The quantitative estimate of drug-likeness (QED) is 0.743. The second kappa shape index (κ2) is 5.75. The number of nitrogens with zero attached hydrogens (tertiary/aromatic N) is 1. The Morgan fingerprint density at radius 1 is 1.40 bits per heavy atom. The van der Waals surface area contributed by atoms with Gasteiger partial charge in [-0.25, -0.2) is 4.79 Å². The van der Waals surface area contributed by atoms with Gasteiger partial charge in [-0.15, -0.1) is 0 Å². The van der Waals surface area contributed by atoms with Crippen LogP contribution in [0.15, 0.2) is 24.4 Å². The number of nitrogens with one attached hydrogen (secondary N) is 1. The molecule has 4 N–H and O–H groups in total. The van der Waals surface area contributed by atoms with Gasteiger partial charge in [-0.1, -0.05) is 0 Å². The molecule has 1 amide bonds. The number of rotatable bonds is 5. The van der Waals surface area contributed by atoms with E-state index in [0.29, 0.717) is 13.0 Å². The van der Waals surface area contributed by atoms with E-state index in [9.17, 15) is 9.59 Å². The minimum Gasteiger partial charge on any atom is -0.478 e. The van der Waals surface area contributed by atoms with Gasteiger partial charge in [-0.3, -0.25) is 4.79 Å². The molecule has 1 aromatic heterocycles. The zero-order valence-corrected chi connectivity index (χ0v) is 11.2. The van der Waals surface area contributed by atoms with Gasteiger partial charge in [0.2, 0.25) is 5.91 Å². The zero-order valence-electron chi connectivity index (χ0n) is 11.2. The van der Waals surface area contributed by atoms with Crippen LogP contribution in [-0.4, -0.2) is 35.1 Å². The summed E-state index contributed by atoms with van der Waals surface area (Å²) in [6, 6.07) is 4.89. The number of benzene rings is 1. The van der Waals surface area contributed by atoms with E-state index in [4.69, 9.17) is 10.8 Å². The minimum absolute atomic E-state index is 0.108. The van der Waals surface area contributed by atoms with Gasteiger partial charge in [-0.05, 0) is 36.7 Å². The van der Waals surface area contributed by atoms with E-state index in [1.54, 1.807) is 19.2 Å². The Morgan fingerprint density at radius 3 is 2.75 bits per heavy atom. The van der Waals surface area contributed by atoms with Crippen molar-refractivity contribution >= 4 is 22.8 Å². The number of amides is 1. The molecule has 1 heterocycles. The van der Waals surface area contributed by atoms with Gasteiger partial charge in [-0.2, -0.15) is 0 Å². The topological polar surface area (TPSA) is 97.4 Å². The van der Waals surface area contributed by atoms with Crippen LogP contribution in [0.4, 0.5) is 0 Å². The lowest BCUT2D eigenvalue weighted by Gasteiger charge is -2.04. The Hall–Kier alpha value is -2.34. The third-order valence-corrected chi connectivity index (χ3v) is 3.22. The summed E-state index contributed by atoms with van der Waals surface area (Å²) < 4.78 is 1.81. The maximum atomic E-state index is 11.5. The van der Waals surface area contributed by atoms with Crippen LogP contribution in [0.3, 0.4) is 0 Å². The fourth-order valence-corrected chi connectivity index (χ4v) is 2.22. The number of likely N-dealkylation sites (N-methyl/N-ethyl adjacent to an activating group) is 1. The normalized spacial score (nSPS) is 10.7. The molecule has 0 radical (unpaired) electrons. The average Bonchev–Trinajstić information content (AvgIpc) is 2.76. The molecule has 0 bridgehead atoms. The maximum absolute atomic E-state index is 11.5. The molecule has 0 spiro atoms. The Labute approximate surface area is 116 Å². The lowest BCUT2D eigenvalue weighted by atomic mass is 10.1. The van der Waals surface area contributed by atoms with Gasteiger partial charge in [0.1, 0.15) is 6.54 Å². The Kier molecular flexibility index (Phi) is 4.05. The lowest BCUT2D eigenvalue weighted by molar-refractivity contribution is -0.121. The smallest absolute Gasteiger partial charge is 0.335 e. The molecule has 0 fully saturated rings. The Morgan fingerprint density at radius 2 is 2.15 bits per heavy atom. The van der Waals surface area contributed by atoms with Crippen molar-refractivity contribution in [2.24, 2.45) is 5.73 Å². The molecule has 2 rings (SSSR count). The number of carboxylic acids is 1. The van der Waals surface area contributed by atoms with Gasteiger partial charge < -0.3 is 20.7 Å². The number of fused-ring (bicyclic) bond motifs is 1. The molecule has 0 aliphatic rings. The van der Waals surface area contributed by atoms with Crippen LogP contribution >= 0.6 is 0 Å². The molecule has 6 heteroatoms. The van der Waals surface area contributed by atoms with Gasteiger partial charge in [0.25, 0.3) is 0 Å². The van der Waals surface area contributed by atoms with Crippen molar-refractivity contribution < 1.29 is 14.7 Å². The predicted molar refractivity (Wildman–Crippen MR) is 75.7 cm³/mol. The first-order valence-electron chi connectivity index (χ1n) is 6.32. The van der Waals surface area contributed by atoms with Crippen LogP contribution in [0.25, 0.3) is 10.9 Å². The first kappa shape index (κ1) is 14.1. The van der Waals surface area contributed by atoms with Crippen molar-refractivity contribution in [2.75, 3.05) is 13.6 Å². The molecule has 0 unspecified atom stereocenters. The minimum atomic E-state index is -0.968. The monoisotopic (exact) mass is 275 g/mol. The highest BCUT2D eigenvalue weighted by Crippen LogP contribution is 2.23. The van der Waals surface area contributed by atoms with Gasteiger partial charge in [0.05, 0.1) is 5.56 Å². The highest BCUT2D eigenvalue weighted by Gasteiger charge is 2.12. The number of carboxylic acid groups (broad SMARTS) is 1. The molecule has 0 aliphatic heterocycles. The largest absolute Gasteiger partial charge is 0.478 e. The third-order valence-electron chi connectivity index (χ3n) is 3.22. The SMILES string of the molecule is CNC(=O)Cn1cc(CCN)c2cc(C(=O)O)ccc21. The number of hydrogen-bond donors (Lipinski definition) is 3. The summed E-state index contributed by atoms with van der Waals surface area (Å²) in [6.45, 7) is 0.667. The van der Waals surface area contributed by atoms with E-state index in [1.165, 1.54) is 6.07 Å². The Bertz CT molecular complexity index is 661. The molecular formula is C14H17N3O3. The molecule has 1 aromatic carbocycles. The zero-order chi connectivity index (χ0) is 14.7.